The number of ether oxygens (including phenoxy) is 4. The molecule has 9 atom stereocenters. The number of nitrogens with one attached hydrogen (secondary N) is 1. The van der Waals surface area contributed by atoms with Crippen LogP contribution in [0.4, 0.5) is 4.79 Å². The number of nitrogens with zero attached hydrogens (tertiary/aromatic N) is 1. The quantitative estimate of drug-likeness (QED) is 0.0394. The maximum absolute atomic E-state index is 12.9. The first kappa shape index (κ1) is 57.7. The lowest BCUT2D eigenvalue weighted by Crippen LogP contribution is -2.51. The SMILES string of the molecule is CCCCCCCCC=CCCCCCCCCOCC(CN1CCCCC1)OCCOC(=O)CCC(=O)NC(=O)O[C@H]1CC[C@@]2(C)C(=CC[C@H]3[C@@H]4CC[C@H]([C@H](C)CCCC(C)C)[C@@]4(C)CC[C@@H]32)C1. The van der Waals surface area contributed by atoms with Gasteiger partial charge in [0, 0.05) is 26.0 Å². The van der Waals surface area contributed by atoms with Crippen LogP contribution in [0.2, 0.25) is 0 Å². The average molecular weight is 965 g/mol. The fourth-order valence-corrected chi connectivity index (χ4v) is 14.0. The van der Waals surface area contributed by atoms with Crippen molar-refractivity contribution >= 4 is 18.0 Å². The highest BCUT2D eigenvalue weighted by atomic mass is 16.6. The Hall–Kier alpha value is -2.23. The van der Waals surface area contributed by atoms with Crippen LogP contribution in [-0.2, 0) is 28.5 Å². The summed E-state index contributed by atoms with van der Waals surface area (Å²) in [5, 5.41) is 2.38. The predicted molar refractivity (Wildman–Crippen MR) is 282 cm³/mol. The van der Waals surface area contributed by atoms with E-state index in [1.54, 1.807) is 0 Å². The molecule has 0 aromatic rings. The maximum Gasteiger partial charge on any atom is 0.414 e. The highest BCUT2D eigenvalue weighted by Gasteiger charge is 2.59. The van der Waals surface area contributed by atoms with Gasteiger partial charge in [0.25, 0.3) is 0 Å². The Balaban J connectivity index is 0.911. The Kier molecular flexibility index (Phi) is 26.2. The van der Waals surface area contributed by atoms with Crippen LogP contribution >= 0.6 is 0 Å². The topological polar surface area (TPSA) is 103 Å². The summed E-state index contributed by atoms with van der Waals surface area (Å²) >= 11 is 0. The van der Waals surface area contributed by atoms with Gasteiger partial charge in [-0.15, -0.1) is 0 Å². The van der Waals surface area contributed by atoms with E-state index in [9.17, 15) is 14.4 Å². The molecular weight excluding hydrogens is 861 g/mol. The normalized spacial score (nSPS) is 27.9. The van der Waals surface area contributed by atoms with E-state index in [4.69, 9.17) is 18.9 Å². The molecule has 1 unspecified atom stereocenters. The first-order chi connectivity index (χ1) is 33.4. The molecule has 0 bridgehead atoms. The number of amides is 2. The van der Waals surface area contributed by atoms with Gasteiger partial charge in [0.05, 0.1) is 25.7 Å². The summed E-state index contributed by atoms with van der Waals surface area (Å²) < 4.78 is 23.6. The summed E-state index contributed by atoms with van der Waals surface area (Å²) in [6.45, 7) is 19.3. The minimum atomic E-state index is -0.716. The number of hydrogen-bond donors (Lipinski definition) is 1. The van der Waals surface area contributed by atoms with Crippen LogP contribution in [0.25, 0.3) is 0 Å². The van der Waals surface area contributed by atoms with Crippen molar-refractivity contribution < 1.29 is 33.3 Å². The van der Waals surface area contributed by atoms with Gasteiger partial charge < -0.3 is 23.8 Å². The number of likely N-dealkylation sites (tertiary alicyclic amines) is 1. The van der Waals surface area contributed by atoms with Gasteiger partial charge in [-0.05, 0) is 149 Å². The molecule has 2 amide bonds. The van der Waals surface area contributed by atoms with Crippen LogP contribution in [0.5, 0.6) is 0 Å². The number of unbranched alkanes of at least 4 members (excludes halogenated alkanes) is 12. The minimum absolute atomic E-state index is 0.0846. The summed E-state index contributed by atoms with van der Waals surface area (Å²) in [4.78, 5) is 40.7. The zero-order valence-electron chi connectivity index (χ0n) is 45.3. The van der Waals surface area contributed by atoms with Gasteiger partial charge in [-0.3, -0.25) is 14.9 Å². The minimum Gasteiger partial charge on any atom is -0.463 e. The molecule has 9 nitrogen and oxygen atoms in total. The number of imide groups is 1. The number of piperidine rings is 1. The standard InChI is InChI=1S/C60H104N2O7/c1-7-8-9-10-11-12-13-14-15-16-17-18-19-20-21-25-41-66-46-51(45-62-39-23-22-24-40-62)67-42-43-68-57(64)34-33-56(63)61-58(65)69-50-35-37-59(5)49(44-50)29-30-52-54-32-31-53(48(4)28-26-27-47(2)3)60(54,6)38-36-55(52)59/h14-15,29,47-48,50-55H,7-13,16-28,30-46H2,1-6H3,(H,61,63,65)/t48-,50+,51?,52+,53-,54+,55+,59+,60-/m1/s1. The van der Waals surface area contributed by atoms with Crippen molar-refractivity contribution in [1.82, 2.24) is 10.2 Å². The number of carbonyl (C=O) groups is 3. The third-order valence-corrected chi connectivity index (χ3v) is 18.0. The molecule has 1 N–H and O–H groups in total. The van der Waals surface area contributed by atoms with E-state index >= 15 is 0 Å². The molecule has 9 heteroatoms. The molecule has 0 radical (unpaired) electrons. The lowest BCUT2D eigenvalue weighted by Gasteiger charge is -2.58. The van der Waals surface area contributed by atoms with E-state index < -0.39 is 18.0 Å². The molecule has 4 aliphatic carbocycles. The summed E-state index contributed by atoms with van der Waals surface area (Å²) in [5.41, 5.74) is 2.08. The number of fused-ring (bicyclic) bond motifs is 5. The van der Waals surface area contributed by atoms with E-state index in [2.05, 4.69) is 70.0 Å². The third-order valence-electron chi connectivity index (χ3n) is 18.0. The van der Waals surface area contributed by atoms with Crippen molar-refractivity contribution in [3.05, 3.63) is 23.8 Å². The Labute approximate surface area is 422 Å². The highest BCUT2D eigenvalue weighted by Crippen LogP contribution is 2.67. The Bertz CT molecular complexity index is 1540. The number of esters is 1. The van der Waals surface area contributed by atoms with Crippen LogP contribution in [0.15, 0.2) is 23.8 Å². The van der Waals surface area contributed by atoms with E-state index in [-0.39, 0.29) is 43.7 Å². The van der Waals surface area contributed by atoms with Gasteiger partial charge in [0.2, 0.25) is 5.91 Å². The molecule has 0 spiro atoms. The molecule has 396 valence electrons. The number of allylic oxidation sites excluding steroid dienone is 3. The second-order valence-electron chi connectivity index (χ2n) is 23.7. The number of alkyl carbamates (subject to hydrolysis) is 1. The molecule has 3 saturated carbocycles. The smallest absolute Gasteiger partial charge is 0.414 e. The average Bonchev–Trinajstić information content (AvgIpc) is 3.69. The summed E-state index contributed by atoms with van der Waals surface area (Å²) in [7, 11) is 0. The van der Waals surface area contributed by atoms with E-state index in [0.717, 1.165) is 87.9 Å². The molecule has 0 aromatic carbocycles. The van der Waals surface area contributed by atoms with Gasteiger partial charge in [-0.2, -0.15) is 0 Å². The van der Waals surface area contributed by atoms with E-state index in [1.165, 1.54) is 153 Å². The number of hydrogen-bond acceptors (Lipinski definition) is 8. The zero-order valence-corrected chi connectivity index (χ0v) is 45.3. The molecule has 1 saturated heterocycles. The van der Waals surface area contributed by atoms with Crippen LogP contribution in [-0.4, -0.2) is 81.1 Å². The summed E-state index contributed by atoms with van der Waals surface area (Å²) in [6, 6.07) is 0. The molecular formula is C60H104N2O7. The molecule has 69 heavy (non-hydrogen) atoms. The highest BCUT2D eigenvalue weighted by molar-refractivity contribution is 5.93. The van der Waals surface area contributed by atoms with Crippen molar-refractivity contribution in [1.29, 1.82) is 0 Å². The summed E-state index contributed by atoms with van der Waals surface area (Å²) in [6.07, 6.45) is 41.0. The van der Waals surface area contributed by atoms with Gasteiger partial charge in [-0.25, -0.2) is 4.79 Å². The molecule has 1 heterocycles. The van der Waals surface area contributed by atoms with Crippen LogP contribution < -0.4 is 5.32 Å². The van der Waals surface area contributed by atoms with Crippen LogP contribution in [0, 0.1) is 46.3 Å². The first-order valence-electron chi connectivity index (χ1n) is 29.3. The third kappa shape index (κ3) is 19.3. The maximum atomic E-state index is 12.9. The predicted octanol–water partition coefficient (Wildman–Crippen LogP) is 14.9. The van der Waals surface area contributed by atoms with Gasteiger partial charge in [-0.1, -0.05) is 149 Å². The lowest BCUT2D eigenvalue weighted by molar-refractivity contribution is -0.147. The van der Waals surface area contributed by atoms with Crippen molar-refractivity contribution in [2.45, 2.75) is 246 Å². The largest absolute Gasteiger partial charge is 0.463 e. The van der Waals surface area contributed by atoms with Crippen LogP contribution in [0.3, 0.4) is 0 Å². The molecule has 1 aliphatic heterocycles. The van der Waals surface area contributed by atoms with Crippen molar-refractivity contribution in [2.75, 3.05) is 46.1 Å². The van der Waals surface area contributed by atoms with E-state index in [1.807, 2.05) is 0 Å². The zero-order chi connectivity index (χ0) is 49.3. The fourth-order valence-electron chi connectivity index (χ4n) is 14.0. The second kappa shape index (κ2) is 31.4. The van der Waals surface area contributed by atoms with Crippen LogP contribution in [0.1, 0.15) is 234 Å². The van der Waals surface area contributed by atoms with Crippen molar-refractivity contribution in [2.24, 2.45) is 46.3 Å². The molecule has 0 aromatic heterocycles. The Morgan fingerprint density at radius 2 is 1.48 bits per heavy atom. The van der Waals surface area contributed by atoms with E-state index in [0.29, 0.717) is 17.9 Å². The Morgan fingerprint density at radius 3 is 2.20 bits per heavy atom. The second-order valence-corrected chi connectivity index (χ2v) is 23.7. The molecule has 5 rings (SSSR count). The number of rotatable bonds is 33. The first-order valence-corrected chi connectivity index (χ1v) is 29.3. The Morgan fingerprint density at radius 1 is 0.768 bits per heavy atom. The number of carbonyl (C=O) groups excluding carboxylic acids is 3. The van der Waals surface area contributed by atoms with Gasteiger partial charge in [0.15, 0.2) is 0 Å². The monoisotopic (exact) mass is 965 g/mol. The van der Waals surface area contributed by atoms with Gasteiger partial charge in [0.1, 0.15) is 12.7 Å². The van der Waals surface area contributed by atoms with Gasteiger partial charge >= 0.3 is 12.1 Å². The fraction of sp³-hybridized carbons (Fsp3) is 0.883. The van der Waals surface area contributed by atoms with Crippen molar-refractivity contribution in [3.63, 3.8) is 0 Å². The van der Waals surface area contributed by atoms with Crippen molar-refractivity contribution in [3.8, 4) is 0 Å². The molecule has 5 aliphatic rings. The summed E-state index contributed by atoms with van der Waals surface area (Å²) in [5.74, 6) is 3.72. The lowest BCUT2D eigenvalue weighted by atomic mass is 9.47. The molecule has 4 fully saturated rings.